The van der Waals surface area contributed by atoms with Gasteiger partial charge < -0.3 is 9.80 Å². The molecule has 162 valence electrons. The Labute approximate surface area is 172 Å². The molecule has 0 bridgehead atoms. The number of pyridine rings is 1. The Morgan fingerprint density at radius 2 is 1.70 bits per heavy atom. The number of piperazine rings is 1. The summed E-state index contributed by atoms with van der Waals surface area (Å²) >= 11 is 0. The molecule has 1 fully saturated rings. The SMILES string of the molecule is O=C(CCNS(=O)(=O)c1ccccc1)N1CCN(c2ccc(C(F)(F)F)cn2)CC1. The van der Waals surface area contributed by atoms with E-state index in [0.717, 1.165) is 12.3 Å². The molecule has 0 radical (unpaired) electrons. The summed E-state index contributed by atoms with van der Waals surface area (Å²) in [5, 5.41) is 0. The fourth-order valence-corrected chi connectivity index (χ4v) is 4.11. The lowest BCUT2D eigenvalue weighted by molar-refractivity contribution is -0.137. The molecule has 3 rings (SSSR count). The summed E-state index contributed by atoms with van der Waals surface area (Å²) in [7, 11) is -3.66. The van der Waals surface area contributed by atoms with E-state index in [2.05, 4.69) is 9.71 Å². The Morgan fingerprint density at radius 3 is 2.27 bits per heavy atom. The number of rotatable bonds is 6. The molecule has 1 saturated heterocycles. The van der Waals surface area contributed by atoms with Gasteiger partial charge in [-0.2, -0.15) is 13.2 Å². The van der Waals surface area contributed by atoms with E-state index >= 15 is 0 Å². The lowest BCUT2D eigenvalue weighted by atomic mass is 10.2. The van der Waals surface area contributed by atoms with E-state index in [1.165, 1.54) is 18.2 Å². The average Bonchev–Trinajstić information content (AvgIpc) is 2.74. The summed E-state index contributed by atoms with van der Waals surface area (Å²) in [6.45, 7) is 1.61. The standard InChI is InChI=1S/C19H21F3N4O3S/c20-19(21,22)15-6-7-17(23-14-15)25-10-12-26(13-11-25)18(27)8-9-24-30(28,29)16-4-2-1-3-5-16/h1-7,14,24H,8-13H2. The van der Waals surface area contributed by atoms with Gasteiger partial charge in [0.05, 0.1) is 10.5 Å². The highest BCUT2D eigenvalue weighted by molar-refractivity contribution is 7.89. The minimum absolute atomic E-state index is 0.0171. The van der Waals surface area contributed by atoms with E-state index in [1.807, 2.05) is 4.90 Å². The van der Waals surface area contributed by atoms with Crippen molar-refractivity contribution in [3.63, 3.8) is 0 Å². The fourth-order valence-electron chi connectivity index (χ4n) is 3.06. The number of nitrogens with zero attached hydrogens (tertiary/aromatic N) is 3. The molecule has 1 aromatic carbocycles. The van der Waals surface area contributed by atoms with Gasteiger partial charge in [-0.25, -0.2) is 18.1 Å². The highest BCUT2D eigenvalue weighted by atomic mass is 32.2. The van der Waals surface area contributed by atoms with Crippen LogP contribution >= 0.6 is 0 Å². The van der Waals surface area contributed by atoms with E-state index < -0.39 is 21.8 Å². The number of halogens is 3. The van der Waals surface area contributed by atoms with Crippen molar-refractivity contribution in [2.45, 2.75) is 17.5 Å². The van der Waals surface area contributed by atoms with Crippen LogP contribution in [0, 0.1) is 0 Å². The summed E-state index contributed by atoms with van der Waals surface area (Å²) in [6, 6.07) is 10.2. The van der Waals surface area contributed by atoms with E-state index in [9.17, 15) is 26.4 Å². The summed E-state index contributed by atoms with van der Waals surface area (Å²) in [4.78, 5) is 19.8. The maximum atomic E-state index is 12.6. The predicted molar refractivity (Wildman–Crippen MR) is 104 cm³/mol. The maximum absolute atomic E-state index is 12.6. The van der Waals surface area contributed by atoms with Gasteiger partial charge >= 0.3 is 6.18 Å². The van der Waals surface area contributed by atoms with Gasteiger partial charge in [0.1, 0.15) is 5.82 Å². The van der Waals surface area contributed by atoms with E-state index in [0.29, 0.717) is 32.0 Å². The molecule has 0 unspecified atom stereocenters. The molecule has 1 amide bonds. The van der Waals surface area contributed by atoms with Gasteiger partial charge in [0, 0.05) is 45.3 Å². The van der Waals surface area contributed by atoms with Gasteiger partial charge in [0.15, 0.2) is 0 Å². The molecule has 0 spiro atoms. The number of carbonyl (C=O) groups excluding carboxylic acids is 1. The molecule has 2 heterocycles. The summed E-state index contributed by atoms with van der Waals surface area (Å²) in [5.74, 6) is 0.233. The number of amides is 1. The van der Waals surface area contributed by atoms with Crippen LogP contribution in [0.2, 0.25) is 0 Å². The van der Waals surface area contributed by atoms with Crippen molar-refractivity contribution in [3.8, 4) is 0 Å². The third-order valence-electron chi connectivity index (χ3n) is 4.72. The highest BCUT2D eigenvalue weighted by Crippen LogP contribution is 2.29. The minimum atomic E-state index is -4.43. The Kier molecular flexibility index (Phi) is 6.61. The number of alkyl halides is 3. The molecular weight excluding hydrogens is 421 g/mol. The zero-order valence-corrected chi connectivity index (χ0v) is 16.8. The Hall–Kier alpha value is -2.66. The Balaban J connectivity index is 1.46. The number of benzene rings is 1. The molecule has 1 aromatic heterocycles. The first-order valence-electron chi connectivity index (χ1n) is 9.27. The van der Waals surface area contributed by atoms with Crippen LogP contribution in [0.25, 0.3) is 0 Å². The maximum Gasteiger partial charge on any atom is 0.417 e. The number of hydrogen-bond acceptors (Lipinski definition) is 5. The largest absolute Gasteiger partial charge is 0.417 e. The monoisotopic (exact) mass is 442 g/mol. The van der Waals surface area contributed by atoms with Gasteiger partial charge in [-0.15, -0.1) is 0 Å². The minimum Gasteiger partial charge on any atom is -0.353 e. The second-order valence-electron chi connectivity index (χ2n) is 6.73. The van der Waals surface area contributed by atoms with Crippen LogP contribution in [0.15, 0.2) is 53.6 Å². The molecule has 1 aliphatic rings. The smallest absolute Gasteiger partial charge is 0.353 e. The van der Waals surface area contributed by atoms with E-state index in [1.54, 1.807) is 23.1 Å². The first-order chi connectivity index (χ1) is 14.2. The number of carbonyl (C=O) groups is 1. The third kappa shape index (κ3) is 5.48. The lowest BCUT2D eigenvalue weighted by Gasteiger charge is -2.35. The lowest BCUT2D eigenvalue weighted by Crippen LogP contribution is -2.49. The second kappa shape index (κ2) is 9.00. The number of nitrogens with one attached hydrogen (secondary N) is 1. The van der Waals surface area contributed by atoms with Crippen molar-refractivity contribution in [1.82, 2.24) is 14.6 Å². The molecule has 0 aliphatic carbocycles. The molecule has 7 nitrogen and oxygen atoms in total. The average molecular weight is 442 g/mol. The zero-order chi connectivity index (χ0) is 21.8. The number of sulfonamides is 1. The van der Waals surface area contributed by atoms with Crippen LogP contribution < -0.4 is 9.62 Å². The van der Waals surface area contributed by atoms with Crippen LogP contribution in [0.5, 0.6) is 0 Å². The Morgan fingerprint density at radius 1 is 1.03 bits per heavy atom. The first kappa shape index (κ1) is 22.0. The molecule has 0 saturated carbocycles. The van der Waals surface area contributed by atoms with Gasteiger partial charge in [-0.1, -0.05) is 18.2 Å². The second-order valence-corrected chi connectivity index (χ2v) is 8.50. The molecule has 1 N–H and O–H groups in total. The highest BCUT2D eigenvalue weighted by Gasteiger charge is 2.31. The number of anilines is 1. The van der Waals surface area contributed by atoms with Crippen molar-refractivity contribution >= 4 is 21.7 Å². The van der Waals surface area contributed by atoms with Gasteiger partial charge in [-0.3, -0.25) is 4.79 Å². The zero-order valence-electron chi connectivity index (χ0n) is 16.0. The van der Waals surface area contributed by atoms with Gasteiger partial charge in [0.2, 0.25) is 15.9 Å². The van der Waals surface area contributed by atoms with Crippen molar-refractivity contribution in [2.24, 2.45) is 0 Å². The van der Waals surface area contributed by atoms with E-state index in [-0.39, 0.29) is 23.8 Å². The molecule has 11 heteroatoms. The van der Waals surface area contributed by atoms with Gasteiger partial charge in [0.25, 0.3) is 0 Å². The fraction of sp³-hybridized carbons (Fsp3) is 0.368. The molecular formula is C19H21F3N4O3S. The normalized spacial score (nSPS) is 15.3. The summed E-state index contributed by atoms with van der Waals surface area (Å²) in [6.07, 6.45) is -3.62. The third-order valence-corrected chi connectivity index (χ3v) is 6.19. The van der Waals surface area contributed by atoms with Crippen molar-refractivity contribution in [3.05, 3.63) is 54.2 Å². The van der Waals surface area contributed by atoms with Crippen LogP contribution in [0.4, 0.5) is 19.0 Å². The quantitative estimate of drug-likeness (QED) is 0.741. The summed E-state index contributed by atoms with van der Waals surface area (Å²) in [5.41, 5.74) is -0.807. The molecule has 2 aromatic rings. The Bertz CT molecular complexity index is 959. The van der Waals surface area contributed by atoms with Crippen LogP contribution in [0.1, 0.15) is 12.0 Å². The summed E-state index contributed by atoms with van der Waals surface area (Å²) < 4.78 is 64.6. The van der Waals surface area contributed by atoms with Gasteiger partial charge in [-0.05, 0) is 24.3 Å². The molecule has 1 aliphatic heterocycles. The van der Waals surface area contributed by atoms with Crippen molar-refractivity contribution < 1.29 is 26.4 Å². The van der Waals surface area contributed by atoms with Crippen molar-refractivity contribution in [2.75, 3.05) is 37.6 Å². The number of aromatic nitrogens is 1. The first-order valence-corrected chi connectivity index (χ1v) is 10.8. The van der Waals surface area contributed by atoms with Crippen LogP contribution in [0.3, 0.4) is 0 Å². The number of hydrogen-bond donors (Lipinski definition) is 1. The van der Waals surface area contributed by atoms with Crippen LogP contribution in [-0.4, -0.2) is 56.9 Å². The van der Waals surface area contributed by atoms with Crippen molar-refractivity contribution in [1.29, 1.82) is 0 Å². The predicted octanol–water partition coefficient (Wildman–Crippen LogP) is 2.12. The molecule has 30 heavy (non-hydrogen) atoms. The topological polar surface area (TPSA) is 82.6 Å². The van der Waals surface area contributed by atoms with E-state index in [4.69, 9.17) is 0 Å². The van der Waals surface area contributed by atoms with Crippen LogP contribution in [-0.2, 0) is 21.0 Å². The molecule has 0 atom stereocenters.